The third-order valence-electron chi connectivity index (χ3n) is 3.01. The molecule has 0 bridgehead atoms. The standard InChI is InChI=1S/C14H17N5O5S2/c1-4-25(21)10-7-5-6-8-11(10)26(22,23)19-13(20)17-12-15-9(2)16-14(18-12)24-3/h5-8H,4H2,1-3H3,(H2,15,16,17,18,19,20). The predicted octanol–water partition coefficient (Wildman–Crippen LogP) is 0.827. The molecule has 0 saturated heterocycles. The van der Waals surface area contributed by atoms with Crippen LogP contribution in [0.2, 0.25) is 0 Å². The van der Waals surface area contributed by atoms with Crippen LogP contribution in [-0.2, 0) is 20.8 Å². The van der Waals surface area contributed by atoms with Gasteiger partial charge in [-0.15, -0.1) is 0 Å². The Bertz CT molecular complexity index is 948. The fourth-order valence-electron chi connectivity index (χ4n) is 1.92. The van der Waals surface area contributed by atoms with E-state index in [1.54, 1.807) is 19.9 Å². The average molecular weight is 399 g/mol. The maximum absolute atomic E-state index is 12.5. The summed E-state index contributed by atoms with van der Waals surface area (Å²) in [5, 5.41) is 2.20. The van der Waals surface area contributed by atoms with Crippen LogP contribution in [0.4, 0.5) is 10.7 Å². The molecule has 2 aromatic rings. The molecule has 0 aliphatic rings. The van der Waals surface area contributed by atoms with E-state index in [4.69, 9.17) is 4.74 Å². The zero-order valence-corrected chi connectivity index (χ0v) is 15.8. The normalized spacial score (nSPS) is 12.3. The van der Waals surface area contributed by atoms with E-state index in [2.05, 4.69) is 20.3 Å². The van der Waals surface area contributed by atoms with Gasteiger partial charge in [-0.3, -0.25) is 9.53 Å². The van der Waals surface area contributed by atoms with Crippen LogP contribution in [0.5, 0.6) is 6.01 Å². The van der Waals surface area contributed by atoms with Gasteiger partial charge in [0, 0.05) is 5.75 Å². The lowest BCUT2D eigenvalue weighted by molar-refractivity contribution is 0.256. The maximum atomic E-state index is 12.5. The summed E-state index contributed by atoms with van der Waals surface area (Å²) in [4.78, 5) is 23.4. The number of hydrogen-bond donors (Lipinski definition) is 2. The molecule has 1 atom stereocenters. The summed E-state index contributed by atoms with van der Waals surface area (Å²) < 4.78 is 43.7. The fourth-order valence-corrected chi connectivity index (χ4v) is 4.36. The summed E-state index contributed by atoms with van der Waals surface area (Å²) >= 11 is 0. The van der Waals surface area contributed by atoms with Gasteiger partial charge in [0.05, 0.1) is 22.8 Å². The quantitative estimate of drug-likeness (QED) is 0.728. The van der Waals surface area contributed by atoms with Gasteiger partial charge in [0.2, 0.25) is 5.95 Å². The number of anilines is 1. The van der Waals surface area contributed by atoms with Crippen molar-refractivity contribution in [3.05, 3.63) is 30.1 Å². The Hall–Kier alpha value is -2.60. The molecule has 10 nitrogen and oxygen atoms in total. The van der Waals surface area contributed by atoms with Crippen LogP contribution >= 0.6 is 0 Å². The first-order chi connectivity index (χ1) is 12.3. The van der Waals surface area contributed by atoms with E-state index in [1.807, 2.05) is 4.72 Å². The van der Waals surface area contributed by atoms with Crippen molar-refractivity contribution in [2.75, 3.05) is 18.2 Å². The van der Waals surface area contributed by atoms with Gasteiger partial charge in [-0.2, -0.15) is 15.0 Å². The number of urea groups is 1. The van der Waals surface area contributed by atoms with Gasteiger partial charge in [0.25, 0.3) is 10.0 Å². The molecule has 1 unspecified atom stereocenters. The number of carbonyl (C=O) groups excluding carboxylic acids is 1. The highest BCUT2D eigenvalue weighted by Gasteiger charge is 2.23. The molecule has 1 aromatic heterocycles. The summed E-state index contributed by atoms with van der Waals surface area (Å²) in [6.07, 6.45) is 0. The van der Waals surface area contributed by atoms with Crippen LogP contribution < -0.4 is 14.8 Å². The van der Waals surface area contributed by atoms with Crippen LogP contribution in [-0.4, -0.2) is 46.5 Å². The number of nitrogens with zero attached hydrogens (tertiary/aromatic N) is 3. The molecule has 0 radical (unpaired) electrons. The minimum atomic E-state index is -4.25. The van der Waals surface area contributed by atoms with Crippen molar-refractivity contribution in [1.29, 1.82) is 0 Å². The van der Waals surface area contributed by atoms with Gasteiger partial charge in [0.1, 0.15) is 10.7 Å². The smallest absolute Gasteiger partial charge is 0.335 e. The third kappa shape index (κ3) is 4.73. The second-order valence-corrected chi connectivity index (χ2v) is 8.19. The highest BCUT2D eigenvalue weighted by Crippen LogP contribution is 2.19. The van der Waals surface area contributed by atoms with Crippen molar-refractivity contribution in [3.8, 4) is 6.01 Å². The number of carbonyl (C=O) groups is 1. The first kappa shape index (κ1) is 19.7. The Morgan fingerprint density at radius 3 is 2.58 bits per heavy atom. The molecule has 0 aliphatic heterocycles. The van der Waals surface area contributed by atoms with Crippen LogP contribution in [0.3, 0.4) is 0 Å². The van der Waals surface area contributed by atoms with E-state index >= 15 is 0 Å². The Balaban J connectivity index is 2.24. The number of amides is 2. The van der Waals surface area contributed by atoms with Gasteiger partial charge >= 0.3 is 12.0 Å². The number of aryl methyl sites for hydroxylation is 1. The second kappa shape index (κ2) is 8.19. The molecule has 0 spiro atoms. The van der Waals surface area contributed by atoms with Crippen molar-refractivity contribution in [2.45, 2.75) is 23.6 Å². The van der Waals surface area contributed by atoms with Gasteiger partial charge in [-0.05, 0) is 19.1 Å². The van der Waals surface area contributed by atoms with Crippen LogP contribution in [0.1, 0.15) is 12.7 Å². The summed E-state index contributed by atoms with van der Waals surface area (Å²) in [6.45, 7) is 3.22. The topological polar surface area (TPSA) is 140 Å². The molecule has 12 heteroatoms. The van der Waals surface area contributed by atoms with E-state index in [0.29, 0.717) is 0 Å². The summed E-state index contributed by atoms with van der Waals surface area (Å²) in [5.41, 5.74) is 0. The Labute approximate surface area is 152 Å². The minimum absolute atomic E-state index is 0.0284. The van der Waals surface area contributed by atoms with Gasteiger partial charge < -0.3 is 4.74 Å². The largest absolute Gasteiger partial charge is 0.467 e. The molecule has 26 heavy (non-hydrogen) atoms. The fraction of sp³-hybridized carbons (Fsp3) is 0.286. The number of hydrogen-bond acceptors (Lipinski definition) is 8. The van der Waals surface area contributed by atoms with E-state index < -0.39 is 26.9 Å². The Morgan fingerprint density at radius 2 is 1.92 bits per heavy atom. The monoisotopic (exact) mass is 399 g/mol. The molecule has 2 amide bonds. The zero-order valence-electron chi connectivity index (χ0n) is 14.2. The maximum Gasteiger partial charge on any atom is 0.335 e. The number of benzene rings is 1. The van der Waals surface area contributed by atoms with Crippen molar-refractivity contribution < 1.29 is 22.2 Å². The van der Waals surface area contributed by atoms with Crippen LogP contribution in [0.15, 0.2) is 34.1 Å². The first-order valence-corrected chi connectivity index (χ1v) is 10.1. The number of nitrogens with one attached hydrogen (secondary N) is 2. The molecule has 1 aromatic carbocycles. The Kier molecular flexibility index (Phi) is 6.21. The molecule has 1 heterocycles. The SMILES string of the molecule is CCS(=O)c1ccccc1S(=O)(=O)NC(=O)Nc1nc(C)nc(OC)n1. The molecular formula is C14H17N5O5S2. The van der Waals surface area contributed by atoms with E-state index in [-0.39, 0.29) is 33.3 Å². The number of sulfonamides is 1. The molecule has 140 valence electrons. The van der Waals surface area contributed by atoms with Crippen molar-refractivity contribution >= 4 is 32.8 Å². The van der Waals surface area contributed by atoms with Gasteiger partial charge in [-0.25, -0.2) is 17.9 Å². The lowest BCUT2D eigenvalue weighted by Gasteiger charge is -2.11. The van der Waals surface area contributed by atoms with Crippen molar-refractivity contribution in [2.24, 2.45) is 0 Å². The lowest BCUT2D eigenvalue weighted by Crippen LogP contribution is -2.35. The number of rotatable bonds is 6. The first-order valence-electron chi connectivity index (χ1n) is 7.34. The molecular weight excluding hydrogens is 382 g/mol. The lowest BCUT2D eigenvalue weighted by atomic mass is 10.4. The van der Waals surface area contributed by atoms with Crippen molar-refractivity contribution in [3.63, 3.8) is 0 Å². The highest BCUT2D eigenvalue weighted by molar-refractivity contribution is 7.91. The predicted molar refractivity (Wildman–Crippen MR) is 93.8 cm³/mol. The second-order valence-electron chi connectivity index (χ2n) is 4.83. The number of ether oxygens (including phenoxy) is 1. The molecule has 0 fully saturated rings. The molecule has 0 aliphatic carbocycles. The summed E-state index contributed by atoms with van der Waals surface area (Å²) in [6, 6.07) is 4.65. The Morgan fingerprint density at radius 1 is 1.23 bits per heavy atom. The summed E-state index contributed by atoms with van der Waals surface area (Å²) in [7, 11) is -4.42. The zero-order chi connectivity index (χ0) is 19.3. The number of aromatic nitrogens is 3. The van der Waals surface area contributed by atoms with Crippen LogP contribution in [0.25, 0.3) is 0 Å². The van der Waals surface area contributed by atoms with Gasteiger partial charge in [0.15, 0.2) is 0 Å². The van der Waals surface area contributed by atoms with Crippen molar-refractivity contribution in [1.82, 2.24) is 19.7 Å². The van der Waals surface area contributed by atoms with E-state index in [1.165, 1.54) is 25.3 Å². The van der Waals surface area contributed by atoms with Crippen LogP contribution in [0, 0.1) is 6.92 Å². The molecule has 2 N–H and O–H groups in total. The minimum Gasteiger partial charge on any atom is -0.467 e. The molecule has 2 rings (SSSR count). The number of methoxy groups -OCH3 is 1. The molecule has 0 saturated carbocycles. The van der Waals surface area contributed by atoms with Gasteiger partial charge in [-0.1, -0.05) is 19.1 Å². The van der Waals surface area contributed by atoms with E-state index in [0.717, 1.165) is 0 Å². The average Bonchev–Trinajstić information content (AvgIpc) is 2.59. The third-order valence-corrected chi connectivity index (χ3v) is 5.90. The van der Waals surface area contributed by atoms with E-state index in [9.17, 15) is 17.4 Å². The highest BCUT2D eigenvalue weighted by atomic mass is 32.2. The summed E-state index contributed by atoms with van der Waals surface area (Å²) in [5.74, 6) is 0.342.